The number of nitrogens with one attached hydrogen (secondary N) is 1. The van der Waals surface area contributed by atoms with Crippen LogP contribution >= 0.6 is 0 Å². The molecule has 0 aromatic carbocycles. The Kier molecular flexibility index (Phi) is 28.4. The van der Waals surface area contributed by atoms with Crippen molar-refractivity contribution < 1.29 is 25.2 Å². The fraction of sp³-hybridized carbons (Fsp3) is 0.853. The number of hydrogen-bond acceptors (Lipinski definition) is 5. The molecule has 5 N–H and O–H groups in total. The number of aliphatic hydroxyl groups is 4. The van der Waals surface area contributed by atoms with Gasteiger partial charge in [0.1, 0.15) is 12.2 Å². The minimum atomic E-state index is -1.26. The van der Waals surface area contributed by atoms with Crippen LogP contribution in [0, 0.1) is 0 Å². The normalized spacial score (nSPS) is 15.1. The summed E-state index contributed by atoms with van der Waals surface area (Å²) in [6.45, 7) is 3.76. The molecule has 0 aliphatic carbocycles. The van der Waals surface area contributed by atoms with Gasteiger partial charge in [-0.1, -0.05) is 134 Å². The summed E-state index contributed by atoms with van der Waals surface area (Å²) in [5.74, 6) is -0.606. The zero-order valence-corrected chi connectivity index (χ0v) is 26.1. The summed E-state index contributed by atoms with van der Waals surface area (Å²) in [6, 6.07) is -0.983. The van der Waals surface area contributed by atoms with Gasteiger partial charge in [-0.25, -0.2) is 0 Å². The lowest BCUT2D eigenvalue weighted by atomic mass is 10.0. The monoisotopic (exact) mass is 567 g/mol. The summed E-state index contributed by atoms with van der Waals surface area (Å²) in [5.41, 5.74) is 0. The van der Waals surface area contributed by atoms with Crippen LogP contribution in [0.25, 0.3) is 0 Å². The predicted octanol–water partition coefficient (Wildman–Crippen LogP) is 7.28. The Bertz CT molecular complexity index is 609. The van der Waals surface area contributed by atoms with Crippen molar-refractivity contribution in [2.24, 2.45) is 0 Å². The maximum Gasteiger partial charge on any atom is 0.249 e. The third-order valence-electron chi connectivity index (χ3n) is 7.67. The van der Waals surface area contributed by atoms with Crippen LogP contribution in [-0.4, -0.2) is 57.3 Å². The highest BCUT2D eigenvalue weighted by atomic mass is 16.3. The number of allylic oxidation sites excluding steroid dienone is 4. The second-order valence-corrected chi connectivity index (χ2v) is 11.5. The summed E-state index contributed by atoms with van der Waals surface area (Å²) < 4.78 is 0. The van der Waals surface area contributed by atoms with Gasteiger partial charge in [0.25, 0.3) is 0 Å². The van der Waals surface area contributed by atoms with Crippen LogP contribution in [-0.2, 0) is 4.79 Å². The molecule has 0 radical (unpaired) electrons. The zero-order valence-electron chi connectivity index (χ0n) is 26.1. The Labute approximate surface area is 246 Å². The van der Waals surface area contributed by atoms with Gasteiger partial charge >= 0.3 is 0 Å². The van der Waals surface area contributed by atoms with Crippen molar-refractivity contribution in [2.45, 2.75) is 179 Å². The summed E-state index contributed by atoms with van der Waals surface area (Å²) in [5, 5.41) is 42.3. The van der Waals surface area contributed by atoms with Gasteiger partial charge in [0.05, 0.1) is 18.8 Å². The van der Waals surface area contributed by atoms with Crippen molar-refractivity contribution in [1.82, 2.24) is 5.32 Å². The van der Waals surface area contributed by atoms with Gasteiger partial charge in [0, 0.05) is 0 Å². The molecule has 0 saturated heterocycles. The van der Waals surface area contributed by atoms with E-state index in [1.807, 2.05) is 6.92 Å². The first-order valence-corrected chi connectivity index (χ1v) is 16.7. The van der Waals surface area contributed by atoms with Crippen LogP contribution in [0.3, 0.4) is 0 Å². The summed E-state index contributed by atoms with van der Waals surface area (Å²) in [6.07, 6.45) is 30.3. The van der Waals surface area contributed by atoms with E-state index >= 15 is 0 Å². The second-order valence-electron chi connectivity index (χ2n) is 11.5. The molecule has 0 heterocycles. The largest absolute Gasteiger partial charge is 0.394 e. The Morgan fingerprint density at radius 3 is 1.60 bits per heavy atom. The van der Waals surface area contributed by atoms with Crippen LogP contribution in [0.1, 0.15) is 155 Å². The van der Waals surface area contributed by atoms with Gasteiger partial charge in [-0.2, -0.15) is 0 Å². The van der Waals surface area contributed by atoms with E-state index in [2.05, 4.69) is 36.5 Å². The standard InChI is InChI=1S/C34H65NO5/c1-3-5-7-8-9-10-11-12-13-14-15-16-17-18-19-20-21-22-23-24-25-26-28-32(38)34(40)35-30(29-36)33(39)31(37)27-6-4-2/h15-16,18-19,30-33,36-39H,3-14,17,20-29H2,1-2H3,(H,35,40)/b16-15-,19-18-. The van der Waals surface area contributed by atoms with Gasteiger partial charge < -0.3 is 25.7 Å². The smallest absolute Gasteiger partial charge is 0.249 e. The highest BCUT2D eigenvalue weighted by Crippen LogP contribution is 2.13. The highest BCUT2D eigenvalue weighted by molar-refractivity contribution is 5.80. The first-order chi connectivity index (χ1) is 19.5. The third-order valence-corrected chi connectivity index (χ3v) is 7.67. The quantitative estimate of drug-likeness (QED) is 0.0482. The zero-order chi connectivity index (χ0) is 29.7. The SMILES string of the molecule is CCCCCCCCCCC/C=C\C/C=C\CCCCCCCCC(O)C(=O)NC(CO)C(O)C(O)CCCC. The second kappa shape index (κ2) is 29.3. The molecule has 0 saturated carbocycles. The molecule has 0 rings (SSSR count). The fourth-order valence-corrected chi connectivity index (χ4v) is 4.89. The van der Waals surface area contributed by atoms with Crippen molar-refractivity contribution >= 4 is 5.91 Å². The molecule has 0 aromatic rings. The van der Waals surface area contributed by atoms with Crippen LogP contribution in [0.2, 0.25) is 0 Å². The van der Waals surface area contributed by atoms with E-state index < -0.39 is 36.9 Å². The number of carbonyl (C=O) groups is 1. The number of amides is 1. The number of unbranched alkanes of at least 4 members (excludes halogenated alkanes) is 16. The van der Waals surface area contributed by atoms with Crippen molar-refractivity contribution in [1.29, 1.82) is 0 Å². The Morgan fingerprint density at radius 1 is 0.625 bits per heavy atom. The van der Waals surface area contributed by atoms with Gasteiger partial charge in [-0.15, -0.1) is 0 Å². The van der Waals surface area contributed by atoms with Crippen molar-refractivity contribution in [3.05, 3.63) is 24.3 Å². The van der Waals surface area contributed by atoms with Crippen LogP contribution in [0.15, 0.2) is 24.3 Å². The third kappa shape index (κ3) is 23.5. The Hall–Kier alpha value is -1.21. The molecule has 0 aliphatic heterocycles. The van der Waals surface area contributed by atoms with Gasteiger partial charge in [-0.05, 0) is 44.9 Å². The minimum Gasteiger partial charge on any atom is -0.394 e. The maximum absolute atomic E-state index is 12.2. The molecule has 6 nitrogen and oxygen atoms in total. The number of carbonyl (C=O) groups excluding carboxylic acids is 1. The van der Waals surface area contributed by atoms with E-state index in [1.54, 1.807) is 0 Å². The molecule has 0 fully saturated rings. The number of hydrogen-bond donors (Lipinski definition) is 5. The fourth-order valence-electron chi connectivity index (χ4n) is 4.89. The lowest BCUT2D eigenvalue weighted by Gasteiger charge is -2.27. The van der Waals surface area contributed by atoms with Crippen molar-refractivity contribution in [3.63, 3.8) is 0 Å². The van der Waals surface area contributed by atoms with Gasteiger partial charge in [-0.3, -0.25) is 4.79 Å². The molecule has 0 aliphatic rings. The van der Waals surface area contributed by atoms with Crippen LogP contribution < -0.4 is 5.32 Å². The number of aliphatic hydroxyl groups excluding tert-OH is 4. The number of rotatable bonds is 29. The summed E-state index contributed by atoms with van der Waals surface area (Å²) >= 11 is 0. The van der Waals surface area contributed by atoms with E-state index in [0.29, 0.717) is 12.8 Å². The van der Waals surface area contributed by atoms with E-state index in [1.165, 1.54) is 77.0 Å². The topological polar surface area (TPSA) is 110 Å². The van der Waals surface area contributed by atoms with E-state index in [0.717, 1.165) is 51.4 Å². The van der Waals surface area contributed by atoms with Gasteiger partial charge in [0.15, 0.2) is 0 Å². The Morgan fingerprint density at radius 2 is 1.10 bits per heavy atom. The molecule has 236 valence electrons. The van der Waals surface area contributed by atoms with Crippen molar-refractivity contribution in [3.8, 4) is 0 Å². The average molecular weight is 568 g/mol. The molecule has 4 unspecified atom stereocenters. The van der Waals surface area contributed by atoms with E-state index in [-0.39, 0.29) is 0 Å². The average Bonchev–Trinajstić information content (AvgIpc) is 2.96. The molecule has 0 bridgehead atoms. The van der Waals surface area contributed by atoms with Crippen molar-refractivity contribution in [2.75, 3.05) is 6.61 Å². The first kappa shape index (κ1) is 38.8. The lowest BCUT2D eigenvalue weighted by molar-refractivity contribution is -0.132. The predicted molar refractivity (Wildman–Crippen MR) is 168 cm³/mol. The minimum absolute atomic E-state index is 0.355. The molecule has 6 heteroatoms. The van der Waals surface area contributed by atoms with Crippen LogP contribution in [0.4, 0.5) is 0 Å². The molecule has 40 heavy (non-hydrogen) atoms. The molecule has 0 aromatic heterocycles. The summed E-state index contributed by atoms with van der Waals surface area (Å²) in [7, 11) is 0. The molecule has 0 spiro atoms. The molecule has 1 amide bonds. The Balaban J connectivity index is 3.65. The first-order valence-electron chi connectivity index (χ1n) is 16.7. The lowest BCUT2D eigenvalue weighted by Crippen LogP contribution is -2.53. The van der Waals surface area contributed by atoms with Crippen LogP contribution in [0.5, 0.6) is 0 Å². The summed E-state index contributed by atoms with van der Waals surface area (Å²) in [4.78, 5) is 12.2. The molecule has 4 atom stereocenters. The van der Waals surface area contributed by atoms with E-state index in [9.17, 15) is 25.2 Å². The maximum atomic E-state index is 12.2. The molecular formula is C34H65NO5. The van der Waals surface area contributed by atoms with E-state index in [4.69, 9.17) is 0 Å². The molecular weight excluding hydrogens is 502 g/mol. The highest BCUT2D eigenvalue weighted by Gasteiger charge is 2.28. The van der Waals surface area contributed by atoms with Gasteiger partial charge in [0.2, 0.25) is 5.91 Å².